The zero-order valence-electron chi connectivity index (χ0n) is 18.2. The van der Waals surface area contributed by atoms with E-state index in [-0.39, 0.29) is 0 Å². The molecule has 0 N–H and O–H groups in total. The third kappa shape index (κ3) is 2.17. The fourth-order valence-electron chi connectivity index (χ4n) is 5.58. The van der Waals surface area contributed by atoms with Gasteiger partial charge in [0.15, 0.2) is 0 Å². The molecule has 4 aromatic carbocycles. The molecule has 0 saturated heterocycles. The molecule has 0 aliphatic heterocycles. The summed E-state index contributed by atoms with van der Waals surface area (Å²) in [6.07, 6.45) is 3.83. The smallest absolute Gasteiger partial charge is 0.146 e. The predicted molar refractivity (Wildman–Crippen MR) is 140 cm³/mol. The third-order valence-electron chi connectivity index (χ3n) is 6.96. The van der Waals surface area contributed by atoms with Gasteiger partial charge in [0.1, 0.15) is 5.65 Å². The minimum atomic E-state index is 0.968. The number of benzene rings is 4. The molecule has 4 nitrogen and oxygen atoms in total. The average molecular weight is 435 g/mol. The van der Waals surface area contributed by atoms with Gasteiger partial charge in [-0.1, -0.05) is 54.6 Å². The minimum absolute atomic E-state index is 0.968. The van der Waals surface area contributed by atoms with Crippen molar-refractivity contribution >= 4 is 60.2 Å². The van der Waals surface area contributed by atoms with Crippen LogP contribution in [0, 0.1) is 0 Å². The van der Waals surface area contributed by atoms with Crippen molar-refractivity contribution in [3.05, 3.63) is 109 Å². The monoisotopic (exact) mass is 434 g/mol. The second-order valence-electron chi connectivity index (χ2n) is 8.72. The molecule has 0 aliphatic carbocycles. The number of nitrogens with zero attached hydrogens (tertiary/aromatic N) is 4. The van der Waals surface area contributed by atoms with Gasteiger partial charge in [0.25, 0.3) is 0 Å². The average Bonchev–Trinajstić information content (AvgIpc) is 3.46. The lowest BCUT2D eigenvalue weighted by molar-refractivity contribution is 1.18. The summed E-state index contributed by atoms with van der Waals surface area (Å²) in [6, 6.07) is 34.2. The van der Waals surface area contributed by atoms with Crippen molar-refractivity contribution in [2.24, 2.45) is 0 Å². The van der Waals surface area contributed by atoms with E-state index in [4.69, 9.17) is 4.98 Å². The van der Waals surface area contributed by atoms with E-state index in [0.29, 0.717) is 0 Å². The standard InChI is InChI=1S/C30H18N4/c1-2-8-19(9-3-1)33-25-12-6-4-10-22(25)28-27(33)15-14-20-23-18-31-17-16-21(23)30-32-24-11-5-7-13-26(24)34(30)29(20)28/h1-18H. The number of imidazole rings is 1. The van der Waals surface area contributed by atoms with Crippen LogP contribution in [0.4, 0.5) is 0 Å². The first-order valence-electron chi connectivity index (χ1n) is 11.4. The topological polar surface area (TPSA) is 35.1 Å². The second-order valence-corrected chi connectivity index (χ2v) is 8.72. The summed E-state index contributed by atoms with van der Waals surface area (Å²) in [5.41, 5.74) is 7.79. The Balaban J connectivity index is 1.74. The molecular weight excluding hydrogens is 416 g/mol. The van der Waals surface area contributed by atoms with E-state index in [1.54, 1.807) is 0 Å². The number of para-hydroxylation sites is 4. The van der Waals surface area contributed by atoms with E-state index in [1.807, 2.05) is 12.4 Å². The van der Waals surface area contributed by atoms with Crippen LogP contribution in [0.2, 0.25) is 0 Å². The normalized spacial score (nSPS) is 12.1. The highest BCUT2D eigenvalue weighted by Gasteiger charge is 2.20. The van der Waals surface area contributed by atoms with Crippen molar-refractivity contribution in [3.63, 3.8) is 0 Å². The Morgan fingerprint density at radius 3 is 2.26 bits per heavy atom. The molecular formula is C30H18N4. The lowest BCUT2D eigenvalue weighted by Crippen LogP contribution is -1.95. The summed E-state index contributed by atoms with van der Waals surface area (Å²) >= 11 is 0. The van der Waals surface area contributed by atoms with Gasteiger partial charge >= 0.3 is 0 Å². The highest BCUT2D eigenvalue weighted by atomic mass is 15.0. The molecule has 0 spiro atoms. The maximum Gasteiger partial charge on any atom is 0.146 e. The van der Waals surface area contributed by atoms with Gasteiger partial charge in [-0.05, 0) is 42.5 Å². The zero-order chi connectivity index (χ0) is 22.2. The molecule has 4 heterocycles. The summed E-state index contributed by atoms with van der Waals surface area (Å²) in [5.74, 6) is 0. The van der Waals surface area contributed by atoms with Gasteiger partial charge in [0, 0.05) is 45.0 Å². The van der Waals surface area contributed by atoms with Crippen molar-refractivity contribution in [1.82, 2.24) is 18.9 Å². The van der Waals surface area contributed by atoms with Crippen LogP contribution in [0.1, 0.15) is 0 Å². The fraction of sp³-hybridized carbons (Fsp3) is 0. The zero-order valence-corrected chi connectivity index (χ0v) is 18.2. The molecule has 0 radical (unpaired) electrons. The van der Waals surface area contributed by atoms with Crippen molar-refractivity contribution in [2.45, 2.75) is 0 Å². The second kappa shape index (κ2) is 6.42. The highest BCUT2D eigenvalue weighted by molar-refractivity contribution is 6.26. The first kappa shape index (κ1) is 17.8. The lowest BCUT2D eigenvalue weighted by Gasteiger charge is -2.11. The molecule has 0 aliphatic rings. The summed E-state index contributed by atoms with van der Waals surface area (Å²) in [6.45, 7) is 0. The van der Waals surface area contributed by atoms with Gasteiger partial charge in [0.05, 0.1) is 27.6 Å². The van der Waals surface area contributed by atoms with Crippen molar-refractivity contribution in [2.75, 3.05) is 0 Å². The van der Waals surface area contributed by atoms with Gasteiger partial charge < -0.3 is 4.57 Å². The van der Waals surface area contributed by atoms with Gasteiger partial charge in [-0.25, -0.2) is 4.98 Å². The Morgan fingerprint density at radius 1 is 0.559 bits per heavy atom. The summed E-state index contributed by atoms with van der Waals surface area (Å²) in [5, 5.41) is 5.89. The molecule has 4 aromatic heterocycles. The number of hydrogen-bond donors (Lipinski definition) is 0. The molecule has 0 bridgehead atoms. The van der Waals surface area contributed by atoms with Crippen molar-refractivity contribution in [1.29, 1.82) is 0 Å². The number of rotatable bonds is 1. The van der Waals surface area contributed by atoms with Crippen LogP contribution >= 0.6 is 0 Å². The SMILES string of the molecule is c1ccc(-n2c3ccccc3c3c2ccc2c4cnccc4c4nc5ccccc5n4c23)cc1. The number of aromatic nitrogens is 4. The minimum Gasteiger partial charge on any atom is -0.309 e. The van der Waals surface area contributed by atoms with Crippen LogP contribution in [0.15, 0.2) is 109 Å². The van der Waals surface area contributed by atoms with E-state index >= 15 is 0 Å². The highest BCUT2D eigenvalue weighted by Crippen LogP contribution is 2.40. The van der Waals surface area contributed by atoms with Crippen LogP contribution in [0.5, 0.6) is 0 Å². The molecule has 0 atom stereocenters. The Morgan fingerprint density at radius 2 is 1.35 bits per heavy atom. The first-order valence-corrected chi connectivity index (χ1v) is 11.4. The quantitative estimate of drug-likeness (QED) is 0.254. The van der Waals surface area contributed by atoms with Gasteiger partial charge in [0.2, 0.25) is 0 Å². The van der Waals surface area contributed by atoms with E-state index in [2.05, 4.69) is 111 Å². The van der Waals surface area contributed by atoms with Gasteiger partial charge in [-0.3, -0.25) is 9.38 Å². The van der Waals surface area contributed by atoms with Crippen LogP contribution in [-0.4, -0.2) is 18.9 Å². The lowest BCUT2D eigenvalue weighted by atomic mass is 10.0. The summed E-state index contributed by atoms with van der Waals surface area (Å²) < 4.78 is 4.71. The van der Waals surface area contributed by atoms with E-state index in [1.165, 1.54) is 32.7 Å². The number of pyridine rings is 2. The molecule has 0 unspecified atom stereocenters. The maximum absolute atomic E-state index is 5.07. The molecule has 0 saturated carbocycles. The molecule has 34 heavy (non-hydrogen) atoms. The van der Waals surface area contributed by atoms with Crippen LogP contribution in [0.25, 0.3) is 65.8 Å². The summed E-state index contributed by atoms with van der Waals surface area (Å²) in [7, 11) is 0. The Labute approximate surface area is 194 Å². The van der Waals surface area contributed by atoms with E-state index < -0.39 is 0 Å². The number of fused-ring (bicyclic) bond motifs is 12. The molecule has 0 amide bonds. The first-order chi connectivity index (χ1) is 16.9. The third-order valence-corrected chi connectivity index (χ3v) is 6.96. The predicted octanol–water partition coefficient (Wildman–Crippen LogP) is 7.29. The van der Waals surface area contributed by atoms with Gasteiger partial charge in [-0.2, -0.15) is 0 Å². The molecule has 4 heteroatoms. The fourth-order valence-corrected chi connectivity index (χ4v) is 5.58. The Hall–Kier alpha value is -4.70. The van der Waals surface area contributed by atoms with E-state index in [9.17, 15) is 0 Å². The van der Waals surface area contributed by atoms with Gasteiger partial charge in [-0.15, -0.1) is 0 Å². The molecule has 158 valence electrons. The largest absolute Gasteiger partial charge is 0.309 e. The maximum atomic E-state index is 5.07. The van der Waals surface area contributed by atoms with Crippen LogP contribution < -0.4 is 0 Å². The van der Waals surface area contributed by atoms with Crippen LogP contribution in [0.3, 0.4) is 0 Å². The van der Waals surface area contributed by atoms with Crippen molar-refractivity contribution in [3.8, 4) is 5.69 Å². The van der Waals surface area contributed by atoms with E-state index in [0.717, 1.165) is 33.1 Å². The number of hydrogen-bond acceptors (Lipinski definition) is 2. The Bertz CT molecular complexity index is 2060. The van der Waals surface area contributed by atoms with Crippen LogP contribution in [-0.2, 0) is 0 Å². The van der Waals surface area contributed by atoms with Crippen molar-refractivity contribution < 1.29 is 0 Å². The summed E-state index contributed by atoms with van der Waals surface area (Å²) in [4.78, 5) is 9.55. The molecule has 8 aromatic rings. The molecule has 0 fully saturated rings. The molecule has 8 rings (SSSR count). The Kier molecular flexibility index (Phi) is 3.36.